The maximum atomic E-state index is 13.5. The summed E-state index contributed by atoms with van der Waals surface area (Å²) in [4.78, 5) is -0.221. The minimum atomic E-state index is -3.79. The van der Waals surface area contributed by atoms with E-state index >= 15 is 0 Å². The van der Waals surface area contributed by atoms with Gasteiger partial charge in [0, 0.05) is 11.1 Å². The highest BCUT2D eigenvalue weighted by Crippen LogP contribution is 2.36. The lowest BCUT2D eigenvalue weighted by Crippen LogP contribution is -2.34. The molecule has 0 amide bonds. The third kappa shape index (κ3) is 2.66. The lowest BCUT2D eigenvalue weighted by atomic mass is 10.2. The van der Waals surface area contributed by atoms with E-state index in [1.54, 1.807) is 6.92 Å². The first-order valence-electron chi connectivity index (χ1n) is 5.40. The third-order valence-electron chi connectivity index (χ3n) is 2.94. The highest BCUT2D eigenvalue weighted by atomic mass is 35.5. The van der Waals surface area contributed by atoms with Gasteiger partial charge in [0.25, 0.3) is 0 Å². The van der Waals surface area contributed by atoms with Crippen LogP contribution in [0.5, 0.6) is 0 Å². The smallest absolute Gasteiger partial charge is 0.241 e. The van der Waals surface area contributed by atoms with Crippen LogP contribution in [-0.4, -0.2) is 19.1 Å². The van der Waals surface area contributed by atoms with Gasteiger partial charge in [-0.25, -0.2) is 17.5 Å². The summed E-state index contributed by atoms with van der Waals surface area (Å²) in [6.45, 7) is 1.26. The van der Waals surface area contributed by atoms with Crippen LogP contribution in [0.4, 0.5) is 4.39 Å². The summed E-state index contributed by atoms with van der Waals surface area (Å²) < 4.78 is 40.0. The van der Waals surface area contributed by atoms with Crippen LogP contribution >= 0.6 is 11.6 Å². The van der Waals surface area contributed by atoms with Gasteiger partial charge < -0.3 is 5.11 Å². The molecule has 0 saturated heterocycles. The van der Waals surface area contributed by atoms with Crippen molar-refractivity contribution < 1.29 is 17.9 Å². The number of halogens is 2. The fourth-order valence-corrected chi connectivity index (χ4v) is 3.26. The average Bonchev–Trinajstić information content (AvgIpc) is 2.98. The van der Waals surface area contributed by atoms with Gasteiger partial charge in [0.1, 0.15) is 5.82 Å². The molecule has 1 aromatic carbocycles. The summed E-state index contributed by atoms with van der Waals surface area (Å²) in [6, 6.07) is 2.04. The van der Waals surface area contributed by atoms with Crippen molar-refractivity contribution in [3.8, 4) is 0 Å². The Hall–Kier alpha value is -0.690. The lowest BCUT2D eigenvalue weighted by molar-refractivity contribution is 0.281. The zero-order chi connectivity index (χ0) is 13.6. The van der Waals surface area contributed by atoms with Crippen molar-refractivity contribution in [3.63, 3.8) is 0 Å². The van der Waals surface area contributed by atoms with Crippen LogP contribution in [0.2, 0.25) is 5.02 Å². The van der Waals surface area contributed by atoms with Crippen LogP contribution in [-0.2, 0) is 16.6 Å². The van der Waals surface area contributed by atoms with E-state index in [2.05, 4.69) is 4.72 Å². The average molecular weight is 294 g/mol. The number of benzene rings is 1. The van der Waals surface area contributed by atoms with Crippen LogP contribution in [0.3, 0.4) is 0 Å². The van der Waals surface area contributed by atoms with Gasteiger partial charge in [0.2, 0.25) is 10.0 Å². The SMILES string of the molecule is CC1(NS(=O)(=O)c2cc(F)c(Cl)c(CO)c2)CC1. The first-order valence-corrected chi connectivity index (χ1v) is 7.26. The number of sulfonamides is 1. The van der Waals surface area contributed by atoms with Gasteiger partial charge in [-0.1, -0.05) is 11.6 Å². The molecule has 0 bridgehead atoms. The maximum absolute atomic E-state index is 13.5. The molecule has 18 heavy (non-hydrogen) atoms. The second kappa shape index (κ2) is 4.45. The molecular weight excluding hydrogens is 281 g/mol. The Morgan fingerprint density at radius 2 is 2.11 bits per heavy atom. The molecule has 2 N–H and O–H groups in total. The maximum Gasteiger partial charge on any atom is 0.241 e. The summed E-state index contributed by atoms with van der Waals surface area (Å²) in [6.07, 6.45) is 1.52. The molecule has 0 heterocycles. The number of hydrogen-bond donors (Lipinski definition) is 2. The van der Waals surface area contributed by atoms with Crippen molar-refractivity contribution in [1.82, 2.24) is 4.72 Å². The van der Waals surface area contributed by atoms with Crippen molar-refractivity contribution in [2.45, 2.75) is 36.8 Å². The Morgan fingerprint density at radius 3 is 2.61 bits per heavy atom. The molecule has 1 fully saturated rings. The van der Waals surface area contributed by atoms with Crippen molar-refractivity contribution in [2.75, 3.05) is 0 Å². The first-order chi connectivity index (χ1) is 8.27. The standard InChI is InChI=1S/C11H13ClFNO3S/c1-11(2-3-11)14-18(16,17)8-4-7(6-15)10(12)9(13)5-8/h4-5,14-15H,2-3,6H2,1H3. The quantitative estimate of drug-likeness (QED) is 0.889. The molecule has 100 valence electrons. The van der Waals surface area contributed by atoms with E-state index in [1.807, 2.05) is 0 Å². The zero-order valence-corrected chi connectivity index (χ0v) is 11.3. The number of aliphatic hydroxyl groups is 1. The Bertz CT molecular complexity index is 584. The van der Waals surface area contributed by atoms with Crippen molar-refractivity contribution in [3.05, 3.63) is 28.5 Å². The van der Waals surface area contributed by atoms with Gasteiger partial charge in [-0.05, 0) is 31.9 Å². The normalized spacial score (nSPS) is 17.8. The fourth-order valence-electron chi connectivity index (χ4n) is 1.56. The molecular formula is C11H13ClFNO3S. The second-order valence-corrected chi connectivity index (χ2v) is 6.76. The summed E-state index contributed by atoms with van der Waals surface area (Å²) >= 11 is 5.61. The van der Waals surface area contributed by atoms with Gasteiger partial charge >= 0.3 is 0 Å². The van der Waals surface area contributed by atoms with E-state index in [9.17, 15) is 12.8 Å². The zero-order valence-electron chi connectivity index (χ0n) is 9.70. The van der Waals surface area contributed by atoms with Crippen LogP contribution in [0, 0.1) is 5.82 Å². The molecule has 4 nitrogen and oxygen atoms in total. The predicted octanol–water partition coefficient (Wildman–Crippen LogP) is 1.80. The molecule has 1 aliphatic carbocycles. The Labute approximate surface area is 110 Å². The molecule has 7 heteroatoms. The number of hydrogen-bond acceptors (Lipinski definition) is 3. The van der Waals surface area contributed by atoms with Crippen LogP contribution in [0.1, 0.15) is 25.3 Å². The highest BCUT2D eigenvalue weighted by molar-refractivity contribution is 7.89. The third-order valence-corrected chi connectivity index (χ3v) is 4.98. The molecule has 1 aliphatic rings. The molecule has 1 saturated carbocycles. The Kier molecular flexibility index (Phi) is 3.40. The first kappa shape index (κ1) is 13.7. The van der Waals surface area contributed by atoms with Gasteiger partial charge in [0.05, 0.1) is 16.5 Å². The topological polar surface area (TPSA) is 66.4 Å². The summed E-state index contributed by atoms with van der Waals surface area (Å²) in [7, 11) is -3.79. The van der Waals surface area contributed by atoms with Crippen LogP contribution in [0.25, 0.3) is 0 Å². The highest BCUT2D eigenvalue weighted by Gasteiger charge is 2.41. The van der Waals surface area contributed by atoms with Gasteiger partial charge in [-0.3, -0.25) is 0 Å². The monoisotopic (exact) mass is 293 g/mol. The number of aliphatic hydroxyl groups excluding tert-OH is 1. The number of nitrogens with one attached hydrogen (secondary N) is 1. The molecule has 1 aromatic rings. The molecule has 0 aromatic heterocycles. The molecule has 0 atom stereocenters. The Balaban J connectivity index is 2.41. The molecule has 0 aliphatic heterocycles. The van der Waals surface area contributed by atoms with Gasteiger partial charge in [-0.2, -0.15) is 0 Å². The van der Waals surface area contributed by atoms with Gasteiger partial charge in [0.15, 0.2) is 0 Å². The van der Waals surface area contributed by atoms with E-state index in [-0.39, 0.29) is 15.5 Å². The number of rotatable bonds is 4. The fraction of sp³-hybridized carbons (Fsp3) is 0.455. The van der Waals surface area contributed by atoms with E-state index in [1.165, 1.54) is 6.07 Å². The van der Waals surface area contributed by atoms with Crippen molar-refractivity contribution in [1.29, 1.82) is 0 Å². The minimum Gasteiger partial charge on any atom is -0.392 e. The minimum absolute atomic E-state index is 0.0537. The molecule has 0 spiro atoms. The van der Waals surface area contributed by atoms with E-state index in [0.717, 1.165) is 18.9 Å². The van der Waals surface area contributed by atoms with Crippen molar-refractivity contribution >= 4 is 21.6 Å². The van der Waals surface area contributed by atoms with Crippen molar-refractivity contribution in [2.24, 2.45) is 0 Å². The molecule has 0 radical (unpaired) electrons. The summed E-state index contributed by atoms with van der Waals surface area (Å²) in [5.41, 5.74) is -0.382. The van der Waals surface area contributed by atoms with Gasteiger partial charge in [-0.15, -0.1) is 0 Å². The molecule has 2 rings (SSSR count). The van der Waals surface area contributed by atoms with E-state index in [4.69, 9.17) is 16.7 Å². The lowest BCUT2D eigenvalue weighted by Gasteiger charge is -2.13. The van der Waals surface area contributed by atoms with E-state index in [0.29, 0.717) is 0 Å². The molecule has 0 unspecified atom stereocenters. The Morgan fingerprint density at radius 1 is 1.50 bits per heavy atom. The largest absolute Gasteiger partial charge is 0.392 e. The van der Waals surface area contributed by atoms with E-state index < -0.39 is 28.0 Å². The van der Waals surface area contributed by atoms with Crippen LogP contribution in [0.15, 0.2) is 17.0 Å². The summed E-state index contributed by atoms with van der Waals surface area (Å²) in [5.74, 6) is -0.857. The van der Waals surface area contributed by atoms with Crippen LogP contribution < -0.4 is 4.72 Å². The summed E-state index contributed by atoms with van der Waals surface area (Å²) in [5, 5.41) is 8.76. The second-order valence-electron chi connectivity index (χ2n) is 4.70. The predicted molar refractivity (Wildman–Crippen MR) is 65.3 cm³/mol.